The third-order valence-corrected chi connectivity index (χ3v) is 3.67. The maximum Gasteiger partial charge on any atom is 0.149 e. The monoisotopic (exact) mass is 333 g/mol. The first kappa shape index (κ1) is 13.3. The minimum absolute atomic E-state index is 0.752. The fourth-order valence-electron chi connectivity index (χ4n) is 2.16. The van der Waals surface area contributed by atoms with Crippen LogP contribution in [0.3, 0.4) is 0 Å². The van der Waals surface area contributed by atoms with Gasteiger partial charge in [0.15, 0.2) is 0 Å². The number of hydrogen-bond donors (Lipinski definition) is 2. The molecule has 2 aromatic rings. The number of rotatable bonds is 3. The highest BCUT2D eigenvalue weighted by Gasteiger charge is 2.11. The van der Waals surface area contributed by atoms with Crippen molar-refractivity contribution in [1.29, 1.82) is 0 Å². The zero-order chi connectivity index (χ0) is 13.8. The Morgan fingerprint density at radius 3 is 2.70 bits per heavy atom. The number of hydrogen-bond acceptors (Lipinski definition) is 5. The lowest BCUT2D eigenvalue weighted by atomic mass is 10.3. The molecule has 0 unspecified atom stereocenters. The van der Waals surface area contributed by atoms with Crippen LogP contribution in [0.1, 0.15) is 0 Å². The summed E-state index contributed by atoms with van der Waals surface area (Å²) in [4.78, 5) is 11.2. The van der Waals surface area contributed by atoms with Crippen molar-refractivity contribution >= 4 is 33.3 Å². The number of aromatic nitrogens is 2. The molecule has 2 heterocycles. The van der Waals surface area contributed by atoms with Crippen LogP contribution in [0.5, 0.6) is 0 Å². The topological polar surface area (TPSA) is 53.1 Å². The van der Waals surface area contributed by atoms with E-state index in [1.807, 2.05) is 30.5 Å². The van der Waals surface area contributed by atoms with Gasteiger partial charge in [-0.2, -0.15) is 0 Å². The number of anilines is 3. The van der Waals surface area contributed by atoms with E-state index in [4.69, 9.17) is 0 Å². The third kappa shape index (κ3) is 3.26. The smallest absolute Gasteiger partial charge is 0.149 e. The summed E-state index contributed by atoms with van der Waals surface area (Å²) in [7, 11) is 0. The van der Waals surface area contributed by atoms with Gasteiger partial charge in [0.05, 0.1) is 12.4 Å². The first-order chi connectivity index (χ1) is 9.81. The van der Waals surface area contributed by atoms with Gasteiger partial charge in [0.1, 0.15) is 11.6 Å². The fraction of sp³-hybridized carbons (Fsp3) is 0.286. The van der Waals surface area contributed by atoms with Crippen LogP contribution in [-0.4, -0.2) is 36.1 Å². The molecule has 20 heavy (non-hydrogen) atoms. The SMILES string of the molecule is Brc1cccc(Nc2cnc(N3CCNCC3)cn2)c1. The minimum Gasteiger partial charge on any atom is -0.353 e. The largest absolute Gasteiger partial charge is 0.353 e. The molecule has 0 aliphatic carbocycles. The average Bonchev–Trinajstić information content (AvgIpc) is 2.49. The molecule has 1 saturated heterocycles. The highest BCUT2D eigenvalue weighted by atomic mass is 79.9. The molecular formula is C14H16BrN5. The fourth-order valence-corrected chi connectivity index (χ4v) is 2.56. The first-order valence-electron chi connectivity index (χ1n) is 6.61. The summed E-state index contributed by atoms with van der Waals surface area (Å²) in [6, 6.07) is 7.97. The molecule has 0 atom stereocenters. The summed E-state index contributed by atoms with van der Waals surface area (Å²) in [6.07, 6.45) is 3.60. The second-order valence-corrected chi connectivity index (χ2v) is 5.55. The highest BCUT2D eigenvalue weighted by molar-refractivity contribution is 9.10. The van der Waals surface area contributed by atoms with Gasteiger partial charge in [-0.25, -0.2) is 9.97 Å². The summed E-state index contributed by atoms with van der Waals surface area (Å²) in [5.41, 5.74) is 0.989. The number of benzene rings is 1. The Morgan fingerprint density at radius 1 is 1.15 bits per heavy atom. The second kappa shape index (κ2) is 6.19. The van der Waals surface area contributed by atoms with Crippen molar-refractivity contribution in [3.8, 4) is 0 Å². The van der Waals surface area contributed by atoms with Crippen LogP contribution < -0.4 is 15.5 Å². The van der Waals surface area contributed by atoms with Crippen LogP contribution in [0.15, 0.2) is 41.1 Å². The molecule has 6 heteroatoms. The van der Waals surface area contributed by atoms with E-state index in [0.29, 0.717) is 0 Å². The Balaban J connectivity index is 1.69. The number of nitrogens with one attached hydrogen (secondary N) is 2. The zero-order valence-electron chi connectivity index (χ0n) is 11.0. The molecule has 104 valence electrons. The molecule has 1 aromatic carbocycles. The molecule has 1 fully saturated rings. The van der Waals surface area contributed by atoms with Crippen molar-refractivity contribution in [3.05, 3.63) is 41.1 Å². The lowest BCUT2D eigenvalue weighted by molar-refractivity contribution is 0.584. The van der Waals surface area contributed by atoms with Crippen LogP contribution in [0.2, 0.25) is 0 Å². The predicted molar refractivity (Wildman–Crippen MR) is 84.5 cm³/mol. The van der Waals surface area contributed by atoms with Crippen LogP contribution in [-0.2, 0) is 0 Å². The van der Waals surface area contributed by atoms with E-state index < -0.39 is 0 Å². The summed E-state index contributed by atoms with van der Waals surface area (Å²) < 4.78 is 1.04. The van der Waals surface area contributed by atoms with Gasteiger partial charge in [0, 0.05) is 36.3 Å². The molecule has 0 saturated carbocycles. The summed E-state index contributed by atoms with van der Waals surface area (Å²) in [6.45, 7) is 3.96. The number of halogens is 1. The predicted octanol–water partition coefficient (Wildman–Crippen LogP) is 2.39. The van der Waals surface area contributed by atoms with E-state index in [-0.39, 0.29) is 0 Å². The van der Waals surface area contributed by atoms with Crippen LogP contribution in [0.25, 0.3) is 0 Å². The van der Waals surface area contributed by atoms with Crippen molar-refractivity contribution in [2.24, 2.45) is 0 Å². The van der Waals surface area contributed by atoms with Gasteiger partial charge in [-0.15, -0.1) is 0 Å². The van der Waals surface area contributed by atoms with E-state index in [1.54, 1.807) is 6.20 Å². The van der Waals surface area contributed by atoms with Gasteiger partial charge in [0.25, 0.3) is 0 Å². The van der Waals surface area contributed by atoms with Crippen molar-refractivity contribution in [2.75, 3.05) is 36.4 Å². The second-order valence-electron chi connectivity index (χ2n) is 4.63. The van der Waals surface area contributed by atoms with Gasteiger partial charge in [-0.3, -0.25) is 0 Å². The van der Waals surface area contributed by atoms with Gasteiger partial charge in [0.2, 0.25) is 0 Å². The molecule has 0 radical (unpaired) electrons. The van der Waals surface area contributed by atoms with Gasteiger partial charge < -0.3 is 15.5 Å². The van der Waals surface area contributed by atoms with Crippen LogP contribution in [0, 0.1) is 0 Å². The lowest BCUT2D eigenvalue weighted by Gasteiger charge is -2.28. The summed E-state index contributed by atoms with van der Waals surface area (Å²) in [5, 5.41) is 6.57. The summed E-state index contributed by atoms with van der Waals surface area (Å²) >= 11 is 3.45. The van der Waals surface area contributed by atoms with E-state index in [9.17, 15) is 0 Å². The van der Waals surface area contributed by atoms with Gasteiger partial charge in [-0.1, -0.05) is 22.0 Å². The van der Waals surface area contributed by atoms with E-state index >= 15 is 0 Å². The van der Waals surface area contributed by atoms with Crippen molar-refractivity contribution < 1.29 is 0 Å². The van der Waals surface area contributed by atoms with Crippen molar-refractivity contribution in [1.82, 2.24) is 15.3 Å². The molecular weight excluding hydrogens is 318 g/mol. The molecule has 5 nitrogen and oxygen atoms in total. The molecule has 0 amide bonds. The number of piperazine rings is 1. The molecule has 3 rings (SSSR count). The third-order valence-electron chi connectivity index (χ3n) is 3.18. The maximum atomic E-state index is 4.48. The molecule has 1 aliphatic rings. The normalized spacial score (nSPS) is 15.2. The standard InChI is InChI=1S/C14H16BrN5/c15-11-2-1-3-12(8-11)19-13-9-18-14(10-17-13)20-6-4-16-5-7-20/h1-3,8-10,16H,4-7H2,(H,17,19). The molecule has 1 aliphatic heterocycles. The molecule has 0 bridgehead atoms. The Bertz CT molecular complexity index is 566. The Kier molecular flexibility index (Phi) is 4.13. The van der Waals surface area contributed by atoms with E-state index in [0.717, 1.165) is 48.0 Å². The van der Waals surface area contributed by atoms with Crippen molar-refractivity contribution in [2.45, 2.75) is 0 Å². The van der Waals surface area contributed by atoms with Gasteiger partial charge >= 0.3 is 0 Å². The molecule has 1 aromatic heterocycles. The quantitative estimate of drug-likeness (QED) is 0.903. The van der Waals surface area contributed by atoms with E-state index in [2.05, 4.69) is 41.4 Å². The van der Waals surface area contributed by atoms with Crippen molar-refractivity contribution in [3.63, 3.8) is 0 Å². The summed E-state index contributed by atoms with van der Waals surface area (Å²) in [5.74, 6) is 1.69. The Hall–Kier alpha value is -1.66. The average molecular weight is 334 g/mol. The minimum atomic E-state index is 0.752. The molecule has 2 N–H and O–H groups in total. The lowest BCUT2D eigenvalue weighted by Crippen LogP contribution is -2.43. The number of nitrogens with zero attached hydrogens (tertiary/aromatic N) is 3. The van der Waals surface area contributed by atoms with Gasteiger partial charge in [-0.05, 0) is 18.2 Å². The highest BCUT2D eigenvalue weighted by Crippen LogP contribution is 2.19. The first-order valence-corrected chi connectivity index (χ1v) is 7.41. The Morgan fingerprint density at radius 2 is 2.00 bits per heavy atom. The molecule has 0 spiro atoms. The van der Waals surface area contributed by atoms with Crippen LogP contribution >= 0.6 is 15.9 Å². The van der Waals surface area contributed by atoms with E-state index in [1.165, 1.54) is 0 Å². The zero-order valence-corrected chi connectivity index (χ0v) is 12.6. The van der Waals surface area contributed by atoms with Crippen LogP contribution in [0.4, 0.5) is 17.3 Å². The Labute approximate surface area is 126 Å². The maximum absolute atomic E-state index is 4.48.